The molecule has 0 N–H and O–H groups in total. The maximum Gasteiger partial charge on any atom is 0.0883 e. The Morgan fingerprint density at radius 2 is 1.75 bits per heavy atom. The Hall–Kier alpha value is -0.0400. The summed E-state index contributed by atoms with van der Waals surface area (Å²) in [5.41, 5.74) is 0. The third-order valence-electron chi connectivity index (χ3n) is 1.57. The first-order valence-electron chi connectivity index (χ1n) is 3.12. The van der Waals surface area contributed by atoms with E-state index in [1.54, 1.807) is 0 Å². The van der Waals surface area contributed by atoms with E-state index in [0.29, 0.717) is 6.04 Å². The summed E-state index contributed by atoms with van der Waals surface area (Å²) in [7, 11) is 6.50. The molecule has 0 spiro atoms. The minimum absolute atomic E-state index is 0.537. The van der Waals surface area contributed by atoms with E-state index >= 15 is 0 Å². The van der Waals surface area contributed by atoms with Crippen LogP contribution in [-0.2, 0) is 0 Å². The summed E-state index contributed by atoms with van der Waals surface area (Å²) < 4.78 is 0.969. The zero-order valence-electron chi connectivity index (χ0n) is 6.44. The quantitative estimate of drug-likeness (QED) is 0.476. The van der Waals surface area contributed by atoms with E-state index in [9.17, 15) is 0 Å². The molecule has 0 aliphatic heterocycles. The molecule has 0 saturated carbocycles. The van der Waals surface area contributed by atoms with E-state index in [4.69, 9.17) is 0 Å². The van der Waals surface area contributed by atoms with Gasteiger partial charge < -0.3 is 4.48 Å². The molecule has 1 atom stereocenters. The molecular weight excluding hydrogens is 98.1 g/mol. The molecule has 1 unspecified atom stereocenters. The minimum Gasteiger partial charge on any atom is -0.328 e. The lowest BCUT2D eigenvalue weighted by molar-refractivity contribution is -0.889. The van der Waals surface area contributed by atoms with Gasteiger partial charge in [0, 0.05) is 6.92 Å². The van der Waals surface area contributed by atoms with E-state index in [-0.39, 0.29) is 0 Å². The van der Waals surface area contributed by atoms with E-state index in [1.165, 1.54) is 0 Å². The molecule has 8 heavy (non-hydrogen) atoms. The molecule has 0 bridgehead atoms. The van der Waals surface area contributed by atoms with Crippen molar-refractivity contribution in [3.63, 3.8) is 0 Å². The molecule has 49 valence electrons. The predicted octanol–water partition coefficient (Wildman–Crippen LogP) is 1.31. The molecule has 1 radical (unpaired) electrons. The van der Waals surface area contributed by atoms with Gasteiger partial charge in [-0.1, -0.05) is 6.92 Å². The van der Waals surface area contributed by atoms with Crippen LogP contribution in [0.5, 0.6) is 0 Å². The van der Waals surface area contributed by atoms with Crippen LogP contribution in [-0.4, -0.2) is 31.7 Å². The first kappa shape index (κ1) is 7.96. The third kappa shape index (κ3) is 2.31. The summed E-state index contributed by atoms with van der Waals surface area (Å²) in [6.45, 7) is 6.17. The summed E-state index contributed by atoms with van der Waals surface area (Å²) in [5.74, 6) is 0. The van der Waals surface area contributed by atoms with Crippen molar-refractivity contribution in [3.05, 3.63) is 6.92 Å². The fourth-order valence-electron chi connectivity index (χ4n) is 0.548. The van der Waals surface area contributed by atoms with Gasteiger partial charge in [0.15, 0.2) is 0 Å². The number of hydrogen-bond donors (Lipinski definition) is 0. The van der Waals surface area contributed by atoms with Crippen LogP contribution in [0.1, 0.15) is 13.3 Å². The highest BCUT2D eigenvalue weighted by Gasteiger charge is 2.14. The Morgan fingerprint density at radius 3 is 1.75 bits per heavy atom. The molecule has 0 fully saturated rings. The molecule has 0 aromatic heterocycles. The molecule has 1 heteroatoms. The highest BCUT2D eigenvalue weighted by atomic mass is 15.3. The molecule has 0 saturated heterocycles. The highest BCUT2D eigenvalue weighted by Crippen LogP contribution is 2.03. The van der Waals surface area contributed by atoms with Gasteiger partial charge in [-0.05, 0) is 6.42 Å². The van der Waals surface area contributed by atoms with Gasteiger partial charge in [0.2, 0.25) is 0 Å². The molecule has 0 aliphatic rings. The van der Waals surface area contributed by atoms with Crippen molar-refractivity contribution < 1.29 is 4.48 Å². The number of rotatable bonds is 2. The van der Waals surface area contributed by atoms with Gasteiger partial charge in [-0.15, -0.1) is 0 Å². The van der Waals surface area contributed by atoms with E-state index < -0.39 is 0 Å². The topological polar surface area (TPSA) is 0 Å². The fraction of sp³-hybridized carbons (Fsp3) is 0.857. The maximum absolute atomic E-state index is 4.00. The molecule has 0 rings (SSSR count). The Kier molecular flexibility index (Phi) is 2.48. The van der Waals surface area contributed by atoms with Crippen molar-refractivity contribution in [2.45, 2.75) is 19.4 Å². The van der Waals surface area contributed by atoms with Gasteiger partial charge in [0.25, 0.3) is 0 Å². The van der Waals surface area contributed by atoms with E-state index in [2.05, 4.69) is 35.0 Å². The summed E-state index contributed by atoms with van der Waals surface area (Å²) in [5, 5.41) is 0. The number of quaternary nitrogens is 1. The van der Waals surface area contributed by atoms with Crippen molar-refractivity contribution in [1.29, 1.82) is 0 Å². The van der Waals surface area contributed by atoms with Gasteiger partial charge in [-0.25, -0.2) is 0 Å². The summed E-state index contributed by atoms with van der Waals surface area (Å²) in [4.78, 5) is 0. The van der Waals surface area contributed by atoms with Crippen molar-refractivity contribution in [2.24, 2.45) is 0 Å². The van der Waals surface area contributed by atoms with Crippen molar-refractivity contribution >= 4 is 0 Å². The van der Waals surface area contributed by atoms with Crippen LogP contribution in [0, 0.1) is 6.92 Å². The van der Waals surface area contributed by atoms with Crippen LogP contribution in [0.15, 0.2) is 0 Å². The average Bonchev–Trinajstić information content (AvgIpc) is 1.62. The molecule has 1 nitrogen and oxygen atoms in total. The zero-order chi connectivity index (χ0) is 6.78. The van der Waals surface area contributed by atoms with E-state index in [0.717, 1.165) is 10.9 Å². The van der Waals surface area contributed by atoms with E-state index in [1.807, 2.05) is 0 Å². The van der Waals surface area contributed by atoms with Crippen LogP contribution >= 0.6 is 0 Å². The largest absolute Gasteiger partial charge is 0.328 e. The lowest BCUT2D eigenvalue weighted by Gasteiger charge is -2.30. The Labute approximate surface area is 52.9 Å². The van der Waals surface area contributed by atoms with Crippen LogP contribution in [0.2, 0.25) is 0 Å². The van der Waals surface area contributed by atoms with Crippen molar-refractivity contribution in [2.75, 3.05) is 21.1 Å². The minimum atomic E-state index is 0.537. The van der Waals surface area contributed by atoms with Gasteiger partial charge >= 0.3 is 0 Å². The standard InChI is InChI=1S/C7H17N/c1-6-7(2)8(3,4)5/h7H,2,6H2,1,3-5H3/q+1. The first-order chi connectivity index (χ1) is 3.48. The molecule has 0 heterocycles. The predicted molar refractivity (Wildman–Crippen MR) is 37.5 cm³/mol. The van der Waals surface area contributed by atoms with Crippen LogP contribution in [0.3, 0.4) is 0 Å². The lowest BCUT2D eigenvalue weighted by atomic mass is 10.2. The van der Waals surface area contributed by atoms with Gasteiger partial charge in [-0.3, -0.25) is 0 Å². The van der Waals surface area contributed by atoms with Gasteiger partial charge in [0.1, 0.15) is 0 Å². The Bertz CT molecular complexity index is 61.3. The lowest BCUT2D eigenvalue weighted by Crippen LogP contribution is -2.42. The second kappa shape index (κ2) is 2.49. The average molecular weight is 115 g/mol. The van der Waals surface area contributed by atoms with Crippen molar-refractivity contribution in [3.8, 4) is 0 Å². The Morgan fingerprint density at radius 1 is 1.38 bits per heavy atom. The normalized spacial score (nSPS) is 16.1. The SMILES string of the molecule is [CH2]C(CC)[N+](C)(C)C. The van der Waals surface area contributed by atoms with Crippen LogP contribution in [0.25, 0.3) is 0 Å². The summed E-state index contributed by atoms with van der Waals surface area (Å²) in [6, 6.07) is 0.537. The van der Waals surface area contributed by atoms with Gasteiger partial charge in [0.05, 0.1) is 27.2 Å². The fourth-order valence-corrected chi connectivity index (χ4v) is 0.548. The zero-order valence-corrected chi connectivity index (χ0v) is 6.44. The molecule has 0 amide bonds. The second-order valence-corrected chi connectivity index (χ2v) is 3.18. The van der Waals surface area contributed by atoms with Gasteiger partial charge in [-0.2, -0.15) is 0 Å². The maximum atomic E-state index is 4.00. The molecular formula is C7H17N+. The highest BCUT2D eigenvalue weighted by molar-refractivity contribution is 4.54. The third-order valence-corrected chi connectivity index (χ3v) is 1.57. The van der Waals surface area contributed by atoms with Crippen LogP contribution in [0.4, 0.5) is 0 Å². The monoisotopic (exact) mass is 115 g/mol. The number of nitrogens with zero attached hydrogens (tertiary/aromatic N) is 1. The molecule has 0 aliphatic carbocycles. The molecule has 0 aromatic carbocycles. The molecule has 0 aromatic rings. The number of hydrogen-bond acceptors (Lipinski definition) is 0. The second-order valence-electron chi connectivity index (χ2n) is 3.18. The summed E-state index contributed by atoms with van der Waals surface area (Å²) >= 11 is 0. The van der Waals surface area contributed by atoms with Crippen LogP contribution < -0.4 is 0 Å². The first-order valence-corrected chi connectivity index (χ1v) is 3.12. The Balaban J connectivity index is 3.62. The van der Waals surface area contributed by atoms with Crippen molar-refractivity contribution in [1.82, 2.24) is 0 Å². The summed E-state index contributed by atoms with van der Waals surface area (Å²) in [6.07, 6.45) is 1.16. The smallest absolute Gasteiger partial charge is 0.0883 e.